The van der Waals surface area contributed by atoms with Crippen molar-refractivity contribution in [3.05, 3.63) is 71.9 Å². The second-order valence-corrected chi connectivity index (χ2v) is 8.87. The summed E-state index contributed by atoms with van der Waals surface area (Å²) in [4.78, 5) is 37.2. The van der Waals surface area contributed by atoms with Crippen molar-refractivity contribution in [1.82, 2.24) is 10.3 Å². The zero-order chi connectivity index (χ0) is 20.6. The van der Waals surface area contributed by atoms with E-state index < -0.39 is 20.2 Å². The van der Waals surface area contributed by atoms with Gasteiger partial charge in [0.15, 0.2) is 0 Å². The van der Waals surface area contributed by atoms with Gasteiger partial charge in [0.25, 0.3) is 0 Å². The number of rotatable bonds is 10. The number of nitrogens with one attached hydrogen (secondary N) is 2. The molecule has 7 heteroatoms. The first-order valence-corrected chi connectivity index (χ1v) is 11.2. The van der Waals surface area contributed by atoms with Crippen LogP contribution in [0.25, 0.3) is 10.9 Å². The number of amides is 1. The molecule has 1 unspecified atom stereocenters. The number of aliphatic carboxylic acids is 1. The Morgan fingerprint density at radius 3 is 2.52 bits per heavy atom. The maximum atomic E-state index is 12.2. The lowest BCUT2D eigenvalue weighted by atomic mass is 10.0. The van der Waals surface area contributed by atoms with E-state index in [1.165, 1.54) is 0 Å². The van der Waals surface area contributed by atoms with Crippen LogP contribution in [0.1, 0.15) is 17.5 Å². The van der Waals surface area contributed by atoms with E-state index in [9.17, 15) is 19.6 Å². The maximum absolute atomic E-state index is 12.2. The van der Waals surface area contributed by atoms with Crippen molar-refractivity contribution < 1.29 is 19.6 Å². The number of benzene rings is 2. The summed E-state index contributed by atoms with van der Waals surface area (Å²) in [6, 6.07) is 16.5. The minimum absolute atomic E-state index is 0.120. The standard InChI is InChI=1S/C22H25N2O4P/c25-21(11-13-29(28)12-10-16-6-2-1-3-7-16)24-20(22(26)27)14-17-15-23-19-9-5-4-8-18(17)19/h1-9,15,20,23,28H,10-14H2,(H,24,25)(H,26,27)/t20-,29?/m0/s1. The third kappa shape index (κ3) is 6.14. The number of hydrogen-bond donors (Lipinski definition) is 4. The van der Waals surface area contributed by atoms with Gasteiger partial charge in [0, 0.05) is 44.3 Å². The molecule has 0 saturated heterocycles. The number of fused-ring (bicyclic) bond motifs is 1. The largest absolute Gasteiger partial charge is 0.480 e. The average molecular weight is 412 g/mol. The number of carbonyl (C=O) groups is 2. The highest BCUT2D eigenvalue weighted by Crippen LogP contribution is 2.31. The molecule has 1 amide bonds. The zero-order valence-electron chi connectivity index (χ0n) is 16.0. The second-order valence-electron chi connectivity index (χ2n) is 6.96. The van der Waals surface area contributed by atoms with Gasteiger partial charge in [-0.2, -0.15) is 0 Å². The zero-order valence-corrected chi connectivity index (χ0v) is 16.9. The molecule has 0 aliphatic heterocycles. The molecule has 2 aromatic carbocycles. The number of carboxylic acids is 1. The predicted molar refractivity (Wildman–Crippen MR) is 115 cm³/mol. The van der Waals surface area contributed by atoms with Gasteiger partial charge in [0.2, 0.25) is 5.91 Å². The van der Waals surface area contributed by atoms with Crippen molar-refractivity contribution in [2.24, 2.45) is 0 Å². The third-order valence-corrected chi connectivity index (χ3v) is 6.31. The quantitative estimate of drug-likeness (QED) is 0.384. The van der Waals surface area contributed by atoms with Crippen molar-refractivity contribution >= 4 is 30.9 Å². The molecule has 29 heavy (non-hydrogen) atoms. The van der Waals surface area contributed by atoms with E-state index in [1.807, 2.05) is 54.6 Å². The number of carbonyl (C=O) groups excluding carboxylic acids is 1. The van der Waals surface area contributed by atoms with Crippen LogP contribution in [0.4, 0.5) is 0 Å². The molecular formula is C22H25N2O4P. The number of H-pyrrole nitrogens is 1. The van der Waals surface area contributed by atoms with Gasteiger partial charge in [-0.05, 0) is 29.8 Å². The fourth-order valence-corrected chi connectivity index (χ4v) is 4.43. The van der Waals surface area contributed by atoms with Crippen molar-refractivity contribution in [3.8, 4) is 0 Å². The minimum atomic E-state index is -1.25. The molecule has 0 spiro atoms. The molecule has 4 N–H and O–H groups in total. The molecule has 3 aromatic rings. The van der Waals surface area contributed by atoms with Crippen LogP contribution >= 0.6 is 8.15 Å². The highest BCUT2D eigenvalue weighted by Gasteiger charge is 2.22. The van der Waals surface area contributed by atoms with Crippen LogP contribution in [0.5, 0.6) is 0 Å². The SMILES string of the molecule is O=C(CCP(O)CCc1ccccc1)N[C@@H](Cc1c[nH]c2ccccc12)C(=O)O. The monoisotopic (exact) mass is 412 g/mol. The van der Waals surface area contributed by atoms with Gasteiger partial charge in [-0.3, -0.25) is 4.79 Å². The molecule has 2 atom stereocenters. The summed E-state index contributed by atoms with van der Waals surface area (Å²) in [5, 5.41) is 13.1. The Kier molecular flexibility index (Phi) is 7.39. The number of hydrogen-bond acceptors (Lipinski definition) is 3. The third-order valence-electron chi connectivity index (χ3n) is 4.83. The van der Waals surface area contributed by atoms with E-state index in [1.54, 1.807) is 6.20 Å². The minimum Gasteiger partial charge on any atom is -0.480 e. The smallest absolute Gasteiger partial charge is 0.326 e. The molecule has 1 aromatic heterocycles. The lowest BCUT2D eigenvalue weighted by Crippen LogP contribution is -2.42. The highest BCUT2D eigenvalue weighted by atomic mass is 31.1. The molecule has 0 fully saturated rings. The first-order valence-electron chi connectivity index (χ1n) is 9.58. The normalized spacial score (nSPS) is 13.1. The number of para-hydroxylation sites is 1. The molecule has 0 aliphatic rings. The van der Waals surface area contributed by atoms with Gasteiger partial charge in [0.05, 0.1) is 0 Å². The van der Waals surface area contributed by atoms with E-state index in [0.29, 0.717) is 12.3 Å². The van der Waals surface area contributed by atoms with Crippen LogP contribution < -0.4 is 5.32 Å². The molecule has 0 saturated carbocycles. The average Bonchev–Trinajstić information content (AvgIpc) is 3.14. The van der Waals surface area contributed by atoms with E-state index in [0.717, 1.165) is 28.5 Å². The lowest BCUT2D eigenvalue weighted by molar-refractivity contribution is -0.141. The Balaban J connectivity index is 1.48. The fraction of sp³-hybridized carbons (Fsp3) is 0.273. The summed E-state index contributed by atoms with van der Waals surface area (Å²) >= 11 is 0. The highest BCUT2D eigenvalue weighted by molar-refractivity contribution is 7.51. The van der Waals surface area contributed by atoms with Crippen molar-refractivity contribution in [1.29, 1.82) is 0 Å². The van der Waals surface area contributed by atoms with Crippen molar-refractivity contribution in [2.75, 3.05) is 12.3 Å². The van der Waals surface area contributed by atoms with Crippen molar-refractivity contribution in [3.63, 3.8) is 0 Å². The lowest BCUT2D eigenvalue weighted by Gasteiger charge is -2.15. The summed E-state index contributed by atoms with van der Waals surface area (Å²) in [6.07, 6.45) is 3.87. The Bertz CT molecular complexity index is 958. The molecular weight excluding hydrogens is 387 g/mol. The van der Waals surface area contributed by atoms with Crippen LogP contribution in [-0.2, 0) is 22.4 Å². The molecule has 6 nitrogen and oxygen atoms in total. The molecule has 0 radical (unpaired) electrons. The van der Waals surface area contributed by atoms with Crippen LogP contribution in [0, 0.1) is 0 Å². The van der Waals surface area contributed by atoms with E-state index in [-0.39, 0.29) is 18.7 Å². The van der Waals surface area contributed by atoms with E-state index >= 15 is 0 Å². The summed E-state index contributed by atoms with van der Waals surface area (Å²) in [7, 11) is -1.25. The summed E-state index contributed by atoms with van der Waals surface area (Å²) < 4.78 is 0. The van der Waals surface area contributed by atoms with Crippen LogP contribution in [0.3, 0.4) is 0 Å². The second kappa shape index (κ2) is 10.2. The Morgan fingerprint density at radius 1 is 1.03 bits per heavy atom. The first-order chi connectivity index (χ1) is 14.0. The van der Waals surface area contributed by atoms with Crippen LogP contribution in [0.2, 0.25) is 0 Å². The number of aromatic nitrogens is 1. The summed E-state index contributed by atoms with van der Waals surface area (Å²) in [6.45, 7) is 0. The summed E-state index contributed by atoms with van der Waals surface area (Å²) in [5.41, 5.74) is 2.94. The summed E-state index contributed by atoms with van der Waals surface area (Å²) in [5.74, 6) is -1.42. The van der Waals surface area contributed by atoms with Gasteiger partial charge < -0.3 is 20.3 Å². The molecule has 3 rings (SSSR count). The van der Waals surface area contributed by atoms with Crippen molar-refractivity contribution in [2.45, 2.75) is 25.3 Å². The predicted octanol–water partition coefficient (Wildman–Crippen LogP) is 3.30. The maximum Gasteiger partial charge on any atom is 0.326 e. The Labute approximate surface area is 170 Å². The molecule has 152 valence electrons. The van der Waals surface area contributed by atoms with E-state index in [2.05, 4.69) is 10.3 Å². The van der Waals surface area contributed by atoms with Crippen LogP contribution in [0.15, 0.2) is 60.8 Å². The topological polar surface area (TPSA) is 102 Å². The number of aryl methyl sites for hydroxylation is 1. The van der Waals surface area contributed by atoms with Gasteiger partial charge >= 0.3 is 5.97 Å². The fourth-order valence-electron chi connectivity index (χ4n) is 3.23. The van der Waals surface area contributed by atoms with Gasteiger partial charge in [-0.1, -0.05) is 48.5 Å². The Morgan fingerprint density at radius 2 is 1.76 bits per heavy atom. The molecule has 1 heterocycles. The first kappa shape index (κ1) is 21.0. The van der Waals surface area contributed by atoms with Gasteiger partial charge in [-0.25, -0.2) is 4.79 Å². The van der Waals surface area contributed by atoms with Gasteiger partial charge in [0.1, 0.15) is 6.04 Å². The van der Waals surface area contributed by atoms with Gasteiger partial charge in [-0.15, -0.1) is 0 Å². The van der Waals surface area contributed by atoms with Crippen LogP contribution in [-0.4, -0.2) is 45.2 Å². The van der Waals surface area contributed by atoms with E-state index in [4.69, 9.17) is 0 Å². The molecule has 0 bridgehead atoms. The Hall–Kier alpha value is -2.69. The number of aromatic amines is 1. The number of carboxylic acid groups (broad SMARTS) is 1. The molecule has 0 aliphatic carbocycles.